The Bertz CT molecular complexity index is 791. The van der Waals surface area contributed by atoms with Gasteiger partial charge < -0.3 is 15.3 Å². The fraction of sp³-hybridized carbons (Fsp3) is 0.389. The van der Waals surface area contributed by atoms with E-state index in [2.05, 4.69) is 20.3 Å². The predicted octanol–water partition coefficient (Wildman–Crippen LogP) is 0.494. The van der Waals surface area contributed by atoms with E-state index in [1.807, 2.05) is 0 Å². The number of amides is 2. The number of aliphatic hydroxyl groups excluding tert-OH is 1. The first-order valence-electron chi connectivity index (χ1n) is 8.45. The number of hydrogen-bond donors (Lipinski definition) is 2. The van der Waals surface area contributed by atoms with Gasteiger partial charge in [0, 0.05) is 25.0 Å². The smallest absolute Gasteiger partial charge is 0.272 e. The standard InChI is InChI=1S/C18H21N5O3/c1-11-9-15(21-12(2)20-11)17(25)22-13-6-8-23(10-16(13)24)18(26)14-5-3-4-7-19-14/h3-5,7,9,13,16,24H,6,8,10H2,1-2H3,(H,22,25)/t13-,16-/m1/s1. The molecule has 2 N–H and O–H groups in total. The number of carbonyl (C=O) groups is 2. The van der Waals surface area contributed by atoms with Gasteiger partial charge in [-0.25, -0.2) is 9.97 Å². The molecule has 8 heteroatoms. The number of likely N-dealkylation sites (tertiary alicyclic amines) is 1. The Morgan fingerprint density at radius 2 is 2.04 bits per heavy atom. The van der Waals surface area contributed by atoms with E-state index in [4.69, 9.17) is 0 Å². The summed E-state index contributed by atoms with van der Waals surface area (Å²) in [5, 5.41) is 13.2. The van der Waals surface area contributed by atoms with Crippen LogP contribution in [0.5, 0.6) is 0 Å². The second kappa shape index (κ2) is 7.57. The summed E-state index contributed by atoms with van der Waals surface area (Å²) in [6, 6.07) is 6.29. The number of rotatable bonds is 3. The topological polar surface area (TPSA) is 108 Å². The van der Waals surface area contributed by atoms with Crippen molar-refractivity contribution in [3.63, 3.8) is 0 Å². The van der Waals surface area contributed by atoms with Crippen molar-refractivity contribution in [2.24, 2.45) is 0 Å². The molecule has 2 atom stereocenters. The molecule has 8 nitrogen and oxygen atoms in total. The minimum Gasteiger partial charge on any atom is -0.389 e. The number of aromatic nitrogens is 3. The maximum absolute atomic E-state index is 12.4. The molecule has 136 valence electrons. The molecule has 2 amide bonds. The zero-order valence-electron chi connectivity index (χ0n) is 14.7. The third kappa shape index (κ3) is 4.02. The molecule has 1 aliphatic rings. The normalized spacial score (nSPS) is 19.9. The first-order chi connectivity index (χ1) is 12.4. The molecule has 2 aromatic heterocycles. The molecule has 0 spiro atoms. The zero-order valence-corrected chi connectivity index (χ0v) is 14.7. The van der Waals surface area contributed by atoms with E-state index in [-0.39, 0.29) is 24.1 Å². The van der Waals surface area contributed by atoms with Gasteiger partial charge in [0.1, 0.15) is 17.2 Å². The number of nitrogens with zero attached hydrogens (tertiary/aromatic N) is 4. The number of piperidine rings is 1. The fourth-order valence-electron chi connectivity index (χ4n) is 3.01. The van der Waals surface area contributed by atoms with Crippen molar-refractivity contribution in [3.8, 4) is 0 Å². The van der Waals surface area contributed by atoms with Gasteiger partial charge >= 0.3 is 0 Å². The van der Waals surface area contributed by atoms with Crippen molar-refractivity contribution in [1.29, 1.82) is 0 Å². The average molecular weight is 355 g/mol. The van der Waals surface area contributed by atoms with Crippen LogP contribution in [-0.2, 0) is 0 Å². The number of aryl methyl sites for hydroxylation is 2. The molecule has 2 aromatic rings. The molecule has 1 saturated heterocycles. The van der Waals surface area contributed by atoms with Crippen LogP contribution < -0.4 is 5.32 Å². The molecule has 3 rings (SSSR count). The molecule has 26 heavy (non-hydrogen) atoms. The van der Waals surface area contributed by atoms with Gasteiger partial charge in [0.15, 0.2) is 0 Å². The lowest BCUT2D eigenvalue weighted by atomic mass is 10.0. The Morgan fingerprint density at radius 1 is 1.23 bits per heavy atom. The lowest BCUT2D eigenvalue weighted by Crippen LogP contribution is -2.55. The summed E-state index contributed by atoms with van der Waals surface area (Å²) in [5.74, 6) is -0.0601. The molecule has 0 aromatic carbocycles. The van der Waals surface area contributed by atoms with Gasteiger partial charge in [-0.15, -0.1) is 0 Å². The molecule has 0 aliphatic carbocycles. The Balaban J connectivity index is 1.62. The lowest BCUT2D eigenvalue weighted by Gasteiger charge is -2.36. The first-order valence-corrected chi connectivity index (χ1v) is 8.45. The lowest BCUT2D eigenvalue weighted by molar-refractivity contribution is 0.0310. The van der Waals surface area contributed by atoms with Crippen molar-refractivity contribution in [2.75, 3.05) is 13.1 Å². The average Bonchev–Trinajstić information content (AvgIpc) is 2.62. The van der Waals surface area contributed by atoms with Gasteiger partial charge in [-0.1, -0.05) is 6.07 Å². The van der Waals surface area contributed by atoms with E-state index in [0.717, 1.165) is 0 Å². The van der Waals surface area contributed by atoms with Crippen LogP contribution in [0.25, 0.3) is 0 Å². The minimum atomic E-state index is -0.857. The highest BCUT2D eigenvalue weighted by molar-refractivity contribution is 5.93. The maximum Gasteiger partial charge on any atom is 0.272 e. The van der Waals surface area contributed by atoms with Crippen molar-refractivity contribution in [3.05, 3.63) is 53.4 Å². The number of pyridine rings is 1. The molecule has 3 heterocycles. The van der Waals surface area contributed by atoms with Crippen LogP contribution in [0, 0.1) is 13.8 Å². The summed E-state index contributed by atoms with van der Waals surface area (Å²) in [5.41, 5.74) is 1.32. The van der Waals surface area contributed by atoms with Crippen molar-refractivity contribution >= 4 is 11.8 Å². The van der Waals surface area contributed by atoms with E-state index in [1.165, 1.54) is 0 Å². The SMILES string of the molecule is Cc1cc(C(=O)N[C@@H]2CCN(C(=O)c3ccccn3)C[C@H]2O)nc(C)n1. The molecule has 0 bridgehead atoms. The van der Waals surface area contributed by atoms with Crippen LogP contribution >= 0.6 is 0 Å². The van der Waals surface area contributed by atoms with Crippen LogP contribution in [0.4, 0.5) is 0 Å². The highest BCUT2D eigenvalue weighted by atomic mass is 16.3. The quantitative estimate of drug-likeness (QED) is 0.830. The third-order valence-electron chi connectivity index (χ3n) is 4.27. The highest BCUT2D eigenvalue weighted by Crippen LogP contribution is 2.14. The number of β-amino-alcohol motifs (C(OH)–C–C–N with tert-alkyl or cyclic N) is 1. The second-order valence-electron chi connectivity index (χ2n) is 6.34. The summed E-state index contributed by atoms with van der Waals surface area (Å²) in [6.45, 7) is 4.09. The summed E-state index contributed by atoms with van der Waals surface area (Å²) >= 11 is 0. The third-order valence-corrected chi connectivity index (χ3v) is 4.27. The zero-order chi connectivity index (χ0) is 18.7. The van der Waals surface area contributed by atoms with Gasteiger partial charge in [0.05, 0.1) is 12.1 Å². The Kier molecular flexibility index (Phi) is 5.22. The molecule has 0 unspecified atom stereocenters. The molecule has 1 fully saturated rings. The Hall–Kier alpha value is -2.87. The van der Waals surface area contributed by atoms with Crippen molar-refractivity contribution in [1.82, 2.24) is 25.2 Å². The Labute approximate surface area is 151 Å². The number of hydrogen-bond acceptors (Lipinski definition) is 6. The maximum atomic E-state index is 12.4. The monoisotopic (exact) mass is 355 g/mol. The first kappa shape index (κ1) is 17.9. The van der Waals surface area contributed by atoms with Crippen LogP contribution in [-0.4, -0.2) is 62.0 Å². The molecule has 1 aliphatic heterocycles. The van der Waals surface area contributed by atoms with Crippen molar-refractivity contribution < 1.29 is 14.7 Å². The number of carbonyl (C=O) groups excluding carboxylic acids is 2. The van der Waals surface area contributed by atoms with E-state index >= 15 is 0 Å². The molecule has 0 saturated carbocycles. The van der Waals surface area contributed by atoms with Gasteiger partial charge in [-0.2, -0.15) is 0 Å². The summed E-state index contributed by atoms with van der Waals surface area (Å²) in [4.78, 5) is 38.7. The minimum absolute atomic E-state index is 0.141. The van der Waals surface area contributed by atoms with Gasteiger partial charge in [0.2, 0.25) is 0 Å². The van der Waals surface area contributed by atoms with Crippen LogP contribution in [0.2, 0.25) is 0 Å². The van der Waals surface area contributed by atoms with Gasteiger partial charge in [0.25, 0.3) is 11.8 Å². The molecular weight excluding hydrogens is 334 g/mol. The fourth-order valence-corrected chi connectivity index (χ4v) is 3.01. The van der Waals surface area contributed by atoms with Crippen LogP contribution in [0.15, 0.2) is 30.5 Å². The number of aliphatic hydroxyl groups is 1. The molecule has 0 radical (unpaired) electrons. The predicted molar refractivity (Wildman–Crippen MR) is 93.5 cm³/mol. The van der Waals surface area contributed by atoms with Crippen LogP contribution in [0.3, 0.4) is 0 Å². The van der Waals surface area contributed by atoms with E-state index in [9.17, 15) is 14.7 Å². The van der Waals surface area contributed by atoms with Crippen molar-refractivity contribution in [2.45, 2.75) is 32.4 Å². The van der Waals surface area contributed by atoms with E-state index in [1.54, 1.807) is 49.2 Å². The highest BCUT2D eigenvalue weighted by Gasteiger charge is 2.32. The van der Waals surface area contributed by atoms with E-state index < -0.39 is 12.1 Å². The second-order valence-corrected chi connectivity index (χ2v) is 6.34. The summed E-state index contributed by atoms with van der Waals surface area (Å²) in [7, 11) is 0. The van der Waals surface area contributed by atoms with Gasteiger partial charge in [-0.3, -0.25) is 14.6 Å². The summed E-state index contributed by atoms with van der Waals surface area (Å²) in [6.07, 6.45) is 1.15. The van der Waals surface area contributed by atoms with Crippen LogP contribution in [0.1, 0.15) is 38.9 Å². The van der Waals surface area contributed by atoms with Gasteiger partial charge in [-0.05, 0) is 38.5 Å². The number of nitrogens with one attached hydrogen (secondary N) is 1. The largest absolute Gasteiger partial charge is 0.389 e. The summed E-state index contributed by atoms with van der Waals surface area (Å²) < 4.78 is 0. The van der Waals surface area contributed by atoms with E-state index in [0.29, 0.717) is 30.2 Å². The molecular formula is C18H21N5O3. The Morgan fingerprint density at radius 3 is 2.69 bits per heavy atom.